The number of ether oxygens (including phenoxy) is 1. The number of aryl methyl sites for hydroxylation is 1. The Morgan fingerprint density at radius 1 is 1.04 bits per heavy atom. The molecule has 2 aliphatic rings. The molecule has 2 aliphatic heterocycles. The number of likely N-dealkylation sites (tertiary alicyclic amines) is 1. The Hall–Kier alpha value is -4.18. The van der Waals surface area contributed by atoms with E-state index in [-0.39, 0.29) is 36.4 Å². The number of fused-ring (bicyclic) bond motifs is 2. The second-order valence-electron chi connectivity index (χ2n) is 13.4. The van der Waals surface area contributed by atoms with Crippen LogP contribution in [0.1, 0.15) is 39.9 Å². The van der Waals surface area contributed by atoms with Crippen LogP contribution in [-0.4, -0.2) is 91.5 Å². The van der Waals surface area contributed by atoms with Gasteiger partial charge in [0.15, 0.2) is 0 Å². The van der Waals surface area contributed by atoms with Gasteiger partial charge >= 0.3 is 0 Å². The van der Waals surface area contributed by atoms with Crippen molar-refractivity contribution < 1.29 is 19.1 Å². The van der Waals surface area contributed by atoms with Crippen LogP contribution in [0.3, 0.4) is 0 Å². The summed E-state index contributed by atoms with van der Waals surface area (Å²) in [6.45, 7) is 4.32. The lowest BCUT2D eigenvalue weighted by molar-refractivity contribution is -0.132. The van der Waals surface area contributed by atoms with Crippen LogP contribution in [0, 0.1) is 12.8 Å². The number of amides is 3. The number of carbonyl (C=O) groups is 3. The Balaban J connectivity index is 1.14. The number of H-pyrrole nitrogens is 1. The van der Waals surface area contributed by atoms with E-state index in [1.807, 2.05) is 104 Å². The zero-order chi connectivity index (χ0) is 33.8. The molecule has 1 fully saturated rings. The molecule has 252 valence electrons. The van der Waals surface area contributed by atoms with Crippen LogP contribution in [0.25, 0.3) is 10.9 Å². The summed E-state index contributed by atoms with van der Waals surface area (Å²) in [5, 5.41) is 4.69. The fourth-order valence-electron chi connectivity index (χ4n) is 7.00. The van der Waals surface area contributed by atoms with E-state index in [0.29, 0.717) is 49.5 Å². The normalized spacial score (nSPS) is 17.4. The number of hydrogen-bond donors (Lipinski definition) is 2. The topological polar surface area (TPSA) is 98.0 Å². The van der Waals surface area contributed by atoms with Crippen molar-refractivity contribution in [3.05, 3.63) is 100 Å². The number of benzene rings is 3. The number of nitrogens with zero attached hydrogens (tertiary/aromatic N) is 3. The fraction of sp³-hybridized carbons (Fsp3) is 0.395. The molecule has 0 bridgehead atoms. The molecule has 3 aromatic carbocycles. The van der Waals surface area contributed by atoms with E-state index < -0.39 is 6.04 Å². The largest absolute Gasteiger partial charge is 0.368 e. The summed E-state index contributed by atoms with van der Waals surface area (Å²) in [5.41, 5.74) is 5.58. The average Bonchev–Trinajstić information content (AvgIpc) is 3.49. The van der Waals surface area contributed by atoms with E-state index in [4.69, 9.17) is 16.3 Å². The Kier molecular flexibility index (Phi) is 10.5. The molecule has 6 rings (SSSR count). The predicted molar refractivity (Wildman–Crippen MR) is 190 cm³/mol. The molecule has 2 atom stereocenters. The maximum absolute atomic E-state index is 14.5. The number of rotatable bonds is 10. The van der Waals surface area contributed by atoms with Crippen LogP contribution < -0.4 is 10.2 Å². The number of carbonyl (C=O) groups excluding carboxylic acids is 3. The smallest absolute Gasteiger partial charge is 0.253 e. The Labute approximate surface area is 287 Å². The number of aromatic amines is 1. The molecule has 0 unspecified atom stereocenters. The van der Waals surface area contributed by atoms with Gasteiger partial charge in [0.05, 0.1) is 6.10 Å². The molecular formula is C38H44ClN5O4. The quantitative estimate of drug-likeness (QED) is 0.241. The molecule has 9 nitrogen and oxygen atoms in total. The van der Waals surface area contributed by atoms with Crippen LogP contribution in [0.5, 0.6) is 0 Å². The highest BCUT2D eigenvalue weighted by Gasteiger charge is 2.34. The molecule has 0 spiro atoms. The minimum absolute atomic E-state index is 0.0132. The van der Waals surface area contributed by atoms with Crippen LogP contribution >= 0.6 is 11.6 Å². The lowest BCUT2D eigenvalue weighted by Crippen LogP contribution is -2.54. The molecule has 4 aromatic rings. The Morgan fingerprint density at radius 2 is 1.79 bits per heavy atom. The molecule has 3 heterocycles. The summed E-state index contributed by atoms with van der Waals surface area (Å²) >= 11 is 6.39. The van der Waals surface area contributed by atoms with Gasteiger partial charge in [0.2, 0.25) is 11.8 Å². The summed E-state index contributed by atoms with van der Waals surface area (Å²) in [4.78, 5) is 50.0. The van der Waals surface area contributed by atoms with Gasteiger partial charge in [-0.2, -0.15) is 0 Å². The number of aromatic nitrogens is 1. The maximum atomic E-state index is 14.5. The van der Waals surface area contributed by atoms with Gasteiger partial charge in [-0.1, -0.05) is 47.5 Å². The van der Waals surface area contributed by atoms with Crippen molar-refractivity contribution >= 4 is 45.9 Å². The van der Waals surface area contributed by atoms with E-state index in [2.05, 4.69) is 15.2 Å². The monoisotopic (exact) mass is 669 g/mol. The van der Waals surface area contributed by atoms with Crippen molar-refractivity contribution in [1.29, 1.82) is 0 Å². The van der Waals surface area contributed by atoms with Gasteiger partial charge < -0.3 is 29.7 Å². The number of halogens is 1. The lowest BCUT2D eigenvalue weighted by Gasteiger charge is -2.37. The molecule has 1 aromatic heterocycles. The van der Waals surface area contributed by atoms with Gasteiger partial charge in [-0.25, -0.2) is 0 Å². The standard InChI is InChI=1S/C38H44ClN5O4/c1-25-8-10-27(11-9-25)37(46)43-16-14-31(15-17-43)48-24-36(45)41-34(20-29-21-40-33-7-5-4-6-32(29)33)38(47)44-23-26(22-42(2)3)18-28-19-30(39)12-13-35(28)44/h4-13,19,21,26,31,34,40H,14-18,20,22-24H2,1-3H3,(H,41,45)/t26-,34+/m0/s1. The van der Waals surface area contributed by atoms with E-state index in [1.165, 1.54) is 0 Å². The maximum Gasteiger partial charge on any atom is 0.253 e. The van der Waals surface area contributed by atoms with Gasteiger partial charge in [-0.05, 0) is 93.7 Å². The zero-order valence-corrected chi connectivity index (χ0v) is 28.6. The van der Waals surface area contributed by atoms with E-state index in [1.54, 1.807) is 0 Å². The molecule has 1 saturated heterocycles. The molecule has 48 heavy (non-hydrogen) atoms. The summed E-state index contributed by atoms with van der Waals surface area (Å²) in [6, 6.07) is 20.4. The highest BCUT2D eigenvalue weighted by Crippen LogP contribution is 2.33. The SMILES string of the molecule is Cc1ccc(C(=O)N2CCC(OCC(=O)N[C@H](Cc3c[nH]c4ccccc34)C(=O)N3C[C@H](CN(C)C)Cc4cc(Cl)ccc43)CC2)cc1. The molecular weight excluding hydrogens is 626 g/mol. The van der Waals surface area contributed by atoms with Crippen molar-refractivity contribution in [2.75, 3.05) is 51.8 Å². The van der Waals surface area contributed by atoms with Crippen molar-refractivity contribution in [3.63, 3.8) is 0 Å². The van der Waals surface area contributed by atoms with Crippen molar-refractivity contribution in [2.24, 2.45) is 5.92 Å². The number of piperidine rings is 1. The second kappa shape index (κ2) is 14.9. The molecule has 0 radical (unpaired) electrons. The first-order chi connectivity index (χ1) is 23.1. The molecule has 0 saturated carbocycles. The molecule has 3 amide bonds. The van der Waals surface area contributed by atoms with Crippen LogP contribution in [0.4, 0.5) is 5.69 Å². The molecule has 2 N–H and O–H groups in total. The third-order valence-corrected chi connectivity index (χ3v) is 9.62. The van der Waals surface area contributed by atoms with E-state index in [9.17, 15) is 14.4 Å². The highest BCUT2D eigenvalue weighted by molar-refractivity contribution is 6.30. The first-order valence-electron chi connectivity index (χ1n) is 16.7. The summed E-state index contributed by atoms with van der Waals surface area (Å²) < 4.78 is 6.05. The second-order valence-corrected chi connectivity index (χ2v) is 13.8. The number of para-hydroxylation sites is 1. The van der Waals surface area contributed by atoms with Crippen molar-refractivity contribution in [2.45, 2.75) is 44.8 Å². The van der Waals surface area contributed by atoms with Gasteiger partial charge in [0, 0.05) is 66.0 Å². The van der Waals surface area contributed by atoms with Crippen LogP contribution in [0.15, 0.2) is 72.9 Å². The molecule has 10 heteroatoms. The summed E-state index contributed by atoms with van der Waals surface area (Å²) in [6.07, 6.45) is 4.20. The number of hydrogen-bond acceptors (Lipinski definition) is 5. The van der Waals surface area contributed by atoms with E-state index in [0.717, 1.165) is 46.2 Å². The minimum Gasteiger partial charge on any atom is -0.368 e. The van der Waals surface area contributed by atoms with Crippen LogP contribution in [0.2, 0.25) is 5.02 Å². The summed E-state index contributed by atoms with van der Waals surface area (Å²) in [5.74, 6) is -0.279. The van der Waals surface area contributed by atoms with Gasteiger partial charge in [0.25, 0.3) is 5.91 Å². The van der Waals surface area contributed by atoms with Crippen LogP contribution in [-0.2, 0) is 27.2 Å². The number of nitrogens with one attached hydrogen (secondary N) is 2. The first-order valence-corrected chi connectivity index (χ1v) is 17.1. The third-order valence-electron chi connectivity index (χ3n) is 9.38. The van der Waals surface area contributed by atoms with Gasteiger partial charge in [0.1, 0.15) is 12.6 Å². The lowest BCUT2D eigenvalue weighted by atomic mass is 9.91. The number of anilines is 1. The molecule has 0 aliphatic carbocycles. The average molecular weight is 670 g/mol. The minimum atomic E-state index is -0.809. The fourth-order valence-corrected chi connectivity index (χ4v) is 7.20. The summed E-state index contributed by atoms with van der Waals surface area (Å²) in [7, 11) is 4.07. The predicted octanol–water partition coefficient (Wildman–Crippen LogP) is 5.25. The van der Waals surface area contributed by atoms with Gasteiger partial charge in [-0.15, -0.1) is 0 Å². The van der Waals surface area contributed by atoms with E-state index >= 15 is 0 Å². The van der Waals surface area contributed by atoms with Crippen molar-refractivity contribution in [3.8, 4) is 0 Å². The third kappa shape index (κ3) is 7.92. The van der Waals surface area contributed by atoms with Crippen molar-refractivity contribution in [1.82, 2.24) is 20.1 Å². The Morgan fingerprint density at radius 3 is 2.54 bits per heavy atom. The highest BCUT2D eigenvalue weighted by atomic mass is 35.5. The first kappa shape index (κ1) is 33.7. The zero-order valence-electron chi connectivity index (χ0n) is 27.9. The van der Waals surface area contributed by atoms with Gasteiger partial charge in [-0.3, -0.25) is 14.4 Å². The Bertz CT molecular complexity index is 1760.